The highest BCUT2D eigenvalue weighted by Gasteiger charge is 2.59. The van der Waals surface area contributed by atoms with Gasteiger partial charge < -0.3 is 9.84 Å². The first-order valence-electron chi connectivity index (χ1n) is 4.61. The number of hydrogen-bond acceptors (Lipinski definition) is 3. The van der Waals surface area contributed by atoms with Crippen molar-refractivity contribution in [2.45, 2.75) is 12.8 Å². The third-order valence-corrected chi connectivity index (χ3v) is 3.32. The molecular formula is C10H12O4. The van der Waals surface area contributed by atoms with E-state index in [1.807, 2.05) is 12.2 Å². The van der Waals surface area contributed by atoms with Crippen LogP contribution in [0.1, 0.15) is 12.8 Å². The van der Waals surface area contributed by atoms with Gasteiger partial charge in [-0.3, -0.25) is 9.59 Å². The van der Waals surface area contributed by atoms with Gasteiger partial charge >= 0.3 is 11.9 Å². The average molecular weight is 196 g/mol. The third-order valence-electron chi connectivity index (χ3n) is 3.32. The maximum atomic E-state index is 11.5. The molecule has 0 aromatic carbocycles. The minimum Gasteiger partial charge on any atom is -0.480 e. The van der Waals surface area contributed by atoms with Gasteiger partial charge in [0.2, 0.25) is 0 Å². The van der Waals surface area contributed by atoms with E-state index in [4.69, 9.17) is 5.11 Å². The molecule has 0 unspecified atom stereocenters. The lowest BCUT2D eigenvalue weighted by molar-refractivity contribution is -0.169. The van der Waals surface area contributed by atoms with Crippen molar-refractivity contribution in [2.24, 2.45) is 17.3 Å². The molecule has 4 heteroatoms. The second kappa shape index (κ2) is 2.83. The summed E-state index contributed by atoms with van der Waals surface area (Å²) in [7, 11) is 1.24. The molecule has 0 amide bonds. The Kier molecular flexibility index (Phi) is 1.87. The van der Waals surface area contributed by atoms with E-state index in [-0.39, 0.29) is 11.8 Å². The number of ether oxygens (including phenoxy) is 1. The first-order valence-corrected chi connectivity index (χ1v) is 4.61. The monoisotopic (exact) mass is 196 g/mol. The molecule has 1 fully saturated rings. The molecular weight excluding hydrogens is 184 g/mol. The summed E-state index contributed by atoms with van der Waals surface area (Å²) in [6.45, 7) is 0. The Bertz CT molecular complexity index is 320. The highest BCUT2D eigenvalue weighted by atomic mass is 16.5. The first kappa shape index (κ1) is 9.24. The zero-order chi connectivity index (χ0) is 10.3. The summed E-state index contributed by atoms with van der Waals surface area (Å²) in [4.78, 5) is 22.7. The summed E-state index contributed by atoms with van der Waals surface area (Å²) in [6.07, 6.45) is 4.98. The van der Waals surface area contributed by atoms with Crippen LogP contribution >= 0.6 is 0 Å². The molecule has 14 heavy (non-hydrogen) atoms. The standard InChI is InChI=1S/C10H12O4/c1-14-9(13)10(8(11)12)5-6-2-3-7(10)4-6/h2-3,6-7H,4-5H2,1H3,(H,11,12)/t6-,7+,10+/m0/s1. The number of hydrogen-bond donors (Lipinski definition) is 1. The first-order chi connectivity index (χ1) is 6.61. The Hall–Kier alpha value is -1.32. The van der Waals surface area contributed by atoms with Crippen LogP contribution in [0.25, 0.3) is 0 Å². The average Bonchev–Trinajstić information content (AvgIpc) is 2.75. The molecule has 1 saturated carbocycles. The molecule has 0 spiro atoms. The number of rotatable bonds is 2. The number of carbonyl (C=O) groups is 2. The molecule has 0 aromatic heterocycles. The van der Waals surface area contributed by atoms with Crippen LogP contribution < -0.4 is 0 Å². The Labute approximate surface area is 81.6 Å². The van der Waals surface area contributed by atoms with E-state index in [0.717, 1.165) is 6.42 Å². The quantitative estimate of drug-likeness (QED) is 0.403. The Morgan fingerprint density at radius 1 is 1.50 bits per heavy atom. The van der Waals surface area contributed by atoms with E-state index in [1.165, 1.54) is 7.11 Å². The number of carbonyl (C=O) groups excluding carboxylic acids is 1. The lowest BCUT2D eigenvalue weighted by Gasteiger charge is -2.27. The van der Waals surface area contributed by atoms with Crippen molar-refractivity contribution in [1.29, 1.82) is 0 Å². The molecule has 76 valence electrons. The van der Waals surface area contributed by atoms with Crippen molar-refractivity contribution in [2.75, 3.05) is 7.11 Å². The van der Waals surface area contributed by atoms with E-state index in [2.05, 4.69) is 4.74 Å². The fraction of sp³-hybridized carbons (Fsp3) is 0.600. The minimum atomic E-state index is -1.31. The number of aliphatic carboxylic acids is 1. The SMILES string of the molecule is COC(=O)[C@]1(C(=O)O)C[C@H]2C=C[C@@H]1C2. The lowest BCUT2D eigenvalue weighted by atomic mass is 9.76. The van der Waals surface area contributed by atoms with Gasteiger partial charge in [0.15, 0.2) is 5.41 Å². The molecule has 0 saturated heterocycles. The Morgan fingerprint density at radius 2 is 2.21 bits per heavy atom. The van der Waals surface area contributed by atoms with Gasteiger partial charge in [-0.05, 0) is 18.8 Å². The predicted molar refractivity (Wildman–Crippen MR) is 47.4 cm³/mol. The largest absolute Gasteiger partial charge is 0.480 e. The van der Waals surface area contributed by atoms with Crippen LogP contribution in [0.2, 0.25) is 0 Å². The van der Waals surface area contributed by atoms with Crippen molar-refractivity contribution in [3.05, 3.63) is 12.2 Å². The predicted octanol–water partition coefficient (Wildman–Crippen LogP) is 0.826. The molecule has 2 rings (SSSR count). The summed E-state index contributed by atoms with van der Waals surface area (Å²) >= 11 is 0. The van der Waals surface area contributed by atoms with E-state index in [0.29, 0.717) is 6.42 Å². The zero-order valence-corrected chi connectivity index (χ0v) is 7.90. The zero-order valence-electron chi connectivity index (χ0n) is 7.90. The van der Waals surface area contributed by atoms with Crippen LogP contribution in [0.4, 0.5) is 0 Å². The van der Waals surface area contributed by atoms with Crippen LogP contribution in [-0.4, -0.2) is 24.2 Å². The van der Waals surface area contributed by atoms with Gasteiger partial charge in [0.05, 0.1) is 7.11 Å². The summed E-state index contributed by atoms with van der Waals surface area (Å²) in [6, 6.07) is 0. The summed E-state index contributed by atoms with van der Waals surface area (Å²) in [5, 5.41) is 9.15. The van der Waals surface area contributed by atoms with Crippen molar-refractivity contribution in [3.8, 4) is 0 Å². The number of carboxylic acid groups (broad SMARTS) is 1. The summed E-state index contributed by atoms with van der Waals surface area (Å²) < 4.78 is 4.60. The molecule has 2 aliphatic carbocycles. The molecule has 0 aromatic rings. The van der Waals surface area contributed by atoms with Gasteiger partial charge in [0.25, 0.3) is 0 Å². The lowest BCUT2D eigenvalue weighted by Crippen LogP contribution is -2.43. The van der Waals surface area contributed by atoms with Gasteiger partial charge in [-0.15, -0.1) is 0 Å². The summed E-state index contributed by atoms with van der Waals surface area (Å²) in [5.74, 6) is -1.62. The number of esters is 1. The number of methoxy groups -OCH3 is 1. The van der Waals surface area contributed by atoms with E-state index >= 15 is 0 Å². The van der Waals surface area contributed by atoms with Crippen LogP contribution in [0, 0.1) is 17.3 Å². The smallest absolute Gasteiger partial charge is 0.323 e. The second-order valence-electron chi connectivity index (χ2n) is 3.96. The number of carboxylic acids is 1. The van der Waals surface area contributed by atoms with Gasteiger partial charge in [0.1, 0.15) is 0 Å². The molecule has 0 radical (unpaired) electrons. The minimum absolute atomic E-state index is 0.183. The number of fused-ring (bicyclic) bond motifs is 2. The van der Waals surface area contributed by atoms with Gasteiger partial charge in [-0.25, -0.2) is 0 Å². The molecule has 4 nitrogen and oxygen atoms in total. The maximum absolute atomic E-state index is 11.5. The van der Waals surface area contributed by atoms with E-state index < -0.39 is 17.4 Å². The van der Waals surface area contributed by atoms with Gasteiger partial charge in [0, 0.05) is 5.92 Å². The molecule has 2 aliphatic rings. The van der Waals surface area contributed by atoms with Crippen LogP contribution in [0.3, 0.4) is 0 Å². The fourth-order valence-corrected chi connectivity index (χ4v) is 2.61. The van der Waals surface area contributed by atoms with Crippen LogP contribution in [0.15, 0.2) is 12.2 Å². The maximum Gasteiger partial charge on any atom is 0.323 e. The molecule has 1 N–H and O–H groups in total. The van der Waals surface area contributed by atoms with Gasteiger partial charge in [-0.2, -0.15) is 0 Å². The summed E-state index contributed by atoms with van der Waals surface area (Å²) in [5.41, 5.74) is -1.31. The molecule has 2 bridgehead atoms. The van der Waals surface area contributed by atoms with Crippen molar-refractivity contribution in [1.82, 2.24) is 0 Å². The second-order valence-corrected chi connectivity index (χ2v) is 3.96. The normalized spacial score (nSPS) is 38.6. The van der Waals surface area contributed by atoms with Crippen molar-refractivity contribution < 1.29 is 19.4 Å². The molecule has 0 heterocycles. The van der Waals surface area contributed by atoms with E-state index in [9.17, 15) is 9.59 Å². The van der Waals surface area contributed by atoms with Crippen LogP contribution in [0.5, 0.6) is 0 Å². The fourth-order valence-electron chi connectivity index (χ4n) is 2.61. The van der Waals surface area contributed by atoms with Crippen molar-refractivity contribution >= 4 is 11.9 Å². The highest BCUT2D eigenvalue weighted by Crippen LogP contribution is 2.52. The number of allylic oxidation sites excluding steroid dienone is 2. The Morgan fingerprint density at radius 3 is 2.57 bits per heavy atom. The van der Waals surface area contributed by atoms with Crippen LogP contribution in [-0.2, 0) is 14.3 Å². The molecule has 0 aliphatic heterocycles. The highest BCUT2D eigenvalue weighted by molar-refractivity contribution is 6.00. The topological polar surface area (TPSA) is 63.6 Å². The van der Waals surface area contributed by atoms with Crippen molar-refractivity contribution in [3.63, 3.8) is 0 Å². The van der Waals surface area contributed by atoms with Gasteiger partial charge in [-0.1, -0.05) is 12.2 Å². The third kappa shape index (κ3) is 0.937. The molecule has 3 atom stereocenters. The van der Waals surface area contributed by atoms with E-state index in [1.54, 1.807) is 0 Å². The Balaban J connectivity index is 2.38.